The molecule has 0 heterocycles. The van der Waals surface area contributed by atoms with Crippen LogP contribution in [0.1, 0.15) is 10.4 Å². The zero-order valence-corrected chi connectivity index (χ0v) is 7.97. The Morgan fingerprint density at radius 2 is 2.31 bits per heavy atom. The topological polar surface area (TPSA) is 52.3 Å². The van der Waals surface area contributed by atoms with Crippen molar-refractivity contribution in [2.24, 2.45) is 0 Å². The number of nitrogens with two attached hydrogens (primary N) is 1. The molecular formula is C9H10ClNO2. The third-order valence-electron chi connectivity index (χ3n) is 1.59. The summed E-state index contributed by atoms with van der Waals surface area (Å²) >= 11 is 5.68. The first-order valence-corrected chi connectivity index (χ1v) is 4.10. The van der Waals surface area contributed by atoms with E-state index in [1.165, 1.54) is 7.11 Å². The molecule has 0 aliphatic carbocycles. The smallest absolute Gasteiger partial charge is 0.190 e. The second-order valence-electron chi connectivity index (χ2n) is 2.59. The molecule has 0 radical (unpaired) electrons. The Kier molecular flexibility index (Phi) is 3.28. The standard InChI is InChI=1S/C9H10ClNO2/c1-13-5-9(12)7-3-2-6(10)4-8(7)11/h2-4H,5,11H2,1H3. The Morgan fingerprint density at radius 3 is 2.85 bits per heavy atom. The van der Waals surface area contributed by atoms with E-state index >= 15 is 0 Å². The van der Waals surface area contributed by atoms with Gasteiger partial charge >= 0.3 is 0 Å². The van der Waals surface area contributed by atoms with Crippen molar-refractivity contribution in [2.75, 3.05) is 19.5 Å². The van der Waals surface area contributed by atoms with Gasteiger partial charge in [-0.2, -0.15) is 0 Å². The van der Waals surface area contributed by atoms with E-state index in [-0.39, 0.29) is 12.4 Å². The zero-order valence-electron chi connectivity index (χ0n) is 7.21. The molecule has 1 rings (SSSR count). The fraction of sp³-hybridized carbons (Fsp3) is 0.222. The molecular weight excluding hydrogens is 190 g/mol. The van der Waals surface area contributed by atoms with Gasteiger partial charge in [0.1, 0.15) is 6.61 Å². The maximum absolute atomic E-state index is 11.3. The molecule has 0 amide bonds. The average Bonchev–Trinajstić information content (AvgIpc) is 2.04. The highest BCUT2D eigenvalue weighted by Gasteiger charge is 2.08. The second-order valence-corrected chi connectivity index (χ2v) is 3.02. The van der Waals surface area contributed by atoms with E-state index in [0.29, 0.717) is 16.3 Å². The maximum Gasteiger partial charge on any atom is 0.190 e. The first-order valence-electron chi connectivity index (χ1n) is 3.72. The van der Waals surface area contributed by atoms with Crippen molar-refractivity contribution < 1.29 is 9.53 Å². The van der Waals surface area contributed by atoms with E-state index in [9.17, 15) is 4.79 Å². The Morgan fingerprint density at radius 1 is 1.62 bits per heavy atom. The van der Waals surface area contributed by atoms with Crippen LogP contribution in [-0.2, 0) is 4.74 Å². The van der Waals surface area contributed by atoms with Crippen molar-refractivity contribution in [3.05, 3.63) is 28.8 Å². The number of benzene rings is 1. The summed E-state index contributed by atoms with van der Waals surface area (Å²) in [7, 11) is 1.46. The number of carbonyl (C=O) groups is 1. The van der Waals surface area contributed by atoms with E-state index in [2.05, 4.69) is 0 Å². The van der Waals surface area contributed by atoms with Crippen LogP contribution in [0.4, 0.5) is 5.69 Å². The van der Waals surface area contributed by atoms with Crippen LogP contribution >= 0.6 is 11.6 Å². The molecule has 3 nitrogen and oxygen atoms in total. The number of rotatable bonds is 3. The fourth-order valence-corrected chi connectivity index (χ4v) is 1.18. The van der Waals surface area contributed by atoms with Crippen LogP contribution in [0, 0.1) is 0 Å². The maximum atomic E-state index is 11.3. The van der Waals surface area contributed by atoms with Crippen molar-refractivity contribution in [1.29, 1.82) is 0 Å². The zero-order chi connectivity index (χ0) is 9.84. The summed E-state index contributed by atoms with van der Waals surface area (Å²) in [4.78, 5) is 11.3. The number of ketones is 1. The monoisotopic (exact) mass is 199 g/mol. The van der Waals surface area contributed by atoms with Crippen LogP contribution in [0.2, 0.25) is 5.02 Å². The number of halogens is 1. The average molecular weight is 200 g/mol. The fourth-order valence-electron chi connectivity index (χ4n) is 0.996. The largest absolute Gasteiger partial charge is 0.398 e. The molecule has 1 aromatic carbocycles. The molecule has 70 valence electrons. The van der Waals surface area contributed by atoms with Gasteiger partial charge in [-0.05, 0) is 18.2 Å². The number of nitrogen functional groups attached to an aromatic ring is 1. The van der Waals surface area contributed by atoms with Gasteiger partial charge in [0, 0.05) is 23.4 Å². The minimum atomic E-state index is -0.142. The number of ether oxygens (including phenoxy) is 1. The number of Topliss-reactive ketones (excluding diaryl/α,β-unsaturated/α-hetero) is 1. The quantitative estimate of drug-likeness (QED) is 0.596. The highest BCUT2D eigenvalue weighted by Crippen LogP contribution is 2.18. The van der Waals surface area contributed by atoms with Gasteiger partial charge in [0.05, 0.1) is 0 Å². The molecule has 0 aliphatic rings. The van der Waals surface area contributed by atoms with E-state index in [1.807, 2.05) is 0 Å². The molecule has 0 aromatic heterocycles. The molecule has 2 N–H and O–H groups in total. The summed E-state index contributed by atoms with van der Waals surface area (Å²) in [6.07, 6.45) is 0. The Hall–Kier alpha value is -1.06. The van der Waals surface area contributed by atoms with Gasteiger partial charge in [0.25, 0.3) is 0 Å². The van der Waals surface area contributed by atoms with Crippen molar-refractivity contribution >= 4 is 23.1 Å². The lowest BCUT2D eigenvalue weighted by molar-refractivity contribution is 0.0849. The molecule has 0 fully saturated rings. The van der Waals surface area contributed by atoms with Gasteiger partial charge in [-0.15, -0.1) is 0 Å². The number of methoxy groups -OCH3 is 1. The molecule has 4 heteroatoms. The van der Waals surface area contributed by atoms with Gasteiger partial charge < -0.3 is 10.5 Å². The lowest BCUT2D eigenvalue weighted by atomic mass is 10.1. The lowest BCUT2D eigenvalue weighted by Gasteiger charge is -2.03. The van der Waals surface area contributed by atoms with Gasteiger partial charge in [-0.3, -0.25) is 4.79 Å². The predicted octanol–water partition coefficient (Wildman–Crippen LogP) is 1.75. The number of carbonyl (C=O) groups excluding carboxylic acids is 1. The minimum Gasteiger partial charge on any atom is -0.398 e. The van der Waals surface area contributed by atoms with E-state index in [4.69, 9.17) is 22.1 Å². The molecule has 0 saturated heterocycles. The van der Waals surface area contributed by atoms with Gasteiger partial charge in [-0.25, -0.2) is 0 Å². The third-order valence-corrected chi connectivity index (χ3v) is 1.82. The third kappa shape index (κ3) is 2.44. The molecule has 0 aliphatic heterocycles. The molecule has 13 heavy (non-hydrogen) atoms. The predicted molar refractivity (Wildman–Crippen MR) is 52.1 cm³/mol. The molecule has 0 saturated carbocycles. The highest BCUT2D eigenvalue weighted by molar-refractivity contribution is 6.31. The van der Waals surface area contributed by atoms with Gasteiger partial charge in [0.2, 0.25) is 0 Å². The van der Waals surface area contributed by atoms with E-state index < -0.39 is 0 Å². The van der Waals surface area contributed by atoms with Crippen LogP contribution in [-0.4, -0.2) is 19.5 Å². The van der Waals surface area contributed by atoms with Crippen LogP contribution in [0.25, 0.3) is 0 Å². The molecule has 1 aromatic rings. The van der Waals surface area contributed by atoms with Crippen molar-refractivity contribution in [2.45, 2.75) is 0 Å². The Bertz CT molecular complexity index is 325. The van der Waals surface area contributed by atoms with Crippen LogP contribution in [0.5, 0.6) is 0 Å². The first-order chi connectivity index (χ1) is 6.15. The summed E-state index contributed by atoms with van der Waals surface area (Å²) < 4.78 is 4.71. The Labute approximate surface area is 81.4 Å². The van der Waals surface area contributed by atoms with Crippen molar-refractivity contribution in [3.63, 3.8) is 0 Å². The molecule has 0 spiro atoms. The van der Waals surface area contributed by atoms with Crippen LogP contribution in [0.3, 0.4) is 0 Å². The van der Waals surface area contributed by atoms with E-state index in [1.54, 1.807) is 18.2 Å². The minimum absolute atomic E-state index is 0.0336. The summed E-state index contributed by atoms with van der Waals surface area (Å²) in [5.74, 6) is -0.142. The SMILES string of the molecule is COCC(=O)c1ccc(Cl)cc1N. The Balaban J connectivity index is 2.95. The summed E-state index contributed by atoms with van der Waals surface area (Å²) in [6, 6.07) is 4.77. The molecule has 0 unspecified atom stereocenters. The van der Waals surface area contributed by atoms with Crippen LogP contribution < -0.4 is 5.73 Å². The molecule has 0 bridgehead atoms. The lowest BCUT2D eigenvalue weighted by Crippen LogP contribution is -2.09. The van der Waals surface area contributed by atoms with Crippen LogP contribution in [0.15, 0.2) is 18.2 Å². The summed E-state index contributed by atoms with van der Waals surface area (Å²) in [5.41, 5.74) is 6.43. The number of anilines is 1. The highest BCUT2D eigenvalue weighted by atomic mass is 35.5. The number of hydrogen-bond donors (Lipinski definition) is 1. The number of hydrogen-bond acceptors (Lipinski definition) is 3. The summed E-state index contributed by atoms with van der Waals surface area (Å²) in [5, 5.41) is 0.520. The summed E-state index contributed by atoms with van der Waals surface area (Å²) in [6.45, 7) is 0.0336. The van der Waals surface area contributed by atoms with E-state index in [0.717, 1.165) is 0 Å². The first kappa shape index (κ1) is 10.0. The van der Waals surface area contributed by atoms with Crippen molar-refractivity contribution in [3.8, 4) is 0 Å². The van der Waals surface area contributed by atoms with Gasteiger partial charge in [-0.1, -0.05) is 11.6 Å². The normalized spacial score (nSPS) is 10.0. The van der Waals surface area contributed by atoms with Crippen molar-refractivity contribution in [1.82, 2.24) is 0 Å². The molecule has 0 atom stereocenters. The van der Waals surface area contributed by atoms with Gasteiger partial charge in [0.15, 0.2) is 5.78 Å². The second kappa shape index (κ2) is 4.25.